The molecule has 0 amide bonds. The van der Waals surface area contributed by atoms with Crippen LogP contribution in [0.5, 0.6) is 0 Å². The lowest BCUT2D eigenvalue weighted by molar-refractivity contribution is -0.147. The lowest BCUT2D eigenvalue weighted by Crippen LogP contribution is -2.15. The number of ether oxygens (including phenoxy) is 1. The summed E-state index contributed by atoms with van der Waals surface area (Å²) in [5.74, 6) is 0.264. The second kappa shape index (κ2) is 6.47. The number of halogens is 1. The van der Waals surface area contributed by atoms with E-state index in [1.54, 1.807) is 0 Å². The summed E-state index contributed by atoms with van der Waals surface area (Å²) in [7, 11) is 0. The number of carbonyl (C=O) groups is 1. The van der Waals surface area contributed by atoms with Crippen molar-refractivity contribution >= 4 is 17.6 Å². The maximum Gasteiger partial charge on any atom is 0.308 e. The summed E-state index contributed by atoms with van der Waals surface area (Å²) in [6.07, 6.45) is 1.90. The van der Waals surface area contributed by atoms with Gasteiger partial charge in [-0.15, -0.1) is 11.6 Å². The zero-order valence-corrected chi connectivity index (χ0v) is 7.86. The Morgan fingerprint density at radius 1 is 1.64 bits per heavy atom. The Kier molecular flexibility index (Phi) is 6.33. The lowest BCUT2D eigenvalue weighted by Gasteiger charge is -2.08. The van der Waals surface area contributed by atoms with Crippen molar-refractivity contribution in [3.05, 3.63) is 0 Å². The number of hydrogen-bond donors (Lipinski definition) is 0. The molecule has 0 spiro atoms. The van der Waals surface area contributed by atoms with Gasteiger partial charge in [0.1, 0.15) is 6.61 Å². The van der Waals surface area contributed by atoms with Crippen molar-refractivity contribution in [2.75, 3.05) is 12.5 Å². The van der Waals surface area contributed by atoms with Crippen LogP contribution >= 0.6 is 11.6 Å². The van der Waals surface area contributed by atoms with Crippen molar-refractivity contribution in [1.82, 2.24) is 0 Å². The van der Waals surface area contributed by atoms with Gasteiger partial charge in [0.25, 0.3) is 0 Å². The van der Waals surface area contributed by atoms with Crippen LogP contribution in [-0.4, -0.2) is 18.5 Å². The molecule has 0 aromatic rings. The molecular weight excluding hydrogens is 164 g/mol. The van der Waals surface area contributed by atoms with Gasteiger partial charge in [0, 0.05) is 0 Å². The summed E-state index contributed by atoms with van der Waals surface area (Å²) in [5.41, 5.74) is 0. The van der Waals surface area contributed by atoms with Gasteiger partial charge in [-0.05, 0) is 6.42 Å². The van der Waals surface area contributed by atoms with Gasteiger partial charge in [-0.1, -0.05) is 20.3 Å². The summed E-state index contributed by atoms with van der Waals surface area (Å²) in [6, 6.07) is 0. The zero-order valence-electron chi connectivity index (χ0n) is 7.10. The van der Waals surface area contributed by atoms with Crippen LogP contribution in [0.25, 0.3) is 0 Å². The normalized spacial score (nSPS) is 12.6. The number of rotatable bonds is 5. The molecule has 0 N–H and O–H groups in total. The monoisotopic (exact) mass is 178 g/mol. The number of hydrogen-bond acceptors (Lipinski definition) is 2. The first-order valence-corrected chi connectivity index (χ1v) is 4.48. The average molecular weight is 179 g/mol. The zero-order chi connectivity index (χ0) is 8.69. The summed E-state index contributed by atoms with van der Waals surface area (Å²) in [5, 5.41) is 0. The fraction of sp³-hybridized carbons (Fsp3) is 0.875. The molecule has 0 aromatic carbocycles. The Hall–Kier alpha value is -0.240. The number of carbonyl (C=O) groups excluding carboxylic acids is 1. The van der Waals surface area contributed by atoms with Gasteiger partial charge < -0.3 is 4.74 Å². The Bertz CT molecular complexity index is 115. The van der Waals surface area contributed by atoms with Crippen LogP contribution in [0, 0.1) is 5.92 Å². The highest BCUT2D eigenvalue weighted by molar-refractivity contribution is 6.18. The van der Waals surface area contributed by atoms with Crippen LogP contribution in [0.1, 0.15) is 26.7 Å². The van der Waals surface area contributed by atoms with E-state index in [1.165, 1.54) is 0 Å². The number of esters is 1. The van der Waals surface area contributed by atoms with E-state index in [-0.39, 0.29) is 11.9 Å². The second-order valence-corrected chi connectivity index (χ2v) is 2.92. The van der Waals surface area contributed by atoms with E-state index in [9.17, 15) is 4.79 Å². The molecule has 0 rings (SSSR count). The molecule has 11 heavy (non-hydrogen) atoms. The first-order valence-electron chi connectivity index (χ1n) is 3.95. The predicted molar refractivity (Wildman–Crippen MR) is 45.8 cm³/mol. The molecule has 0 aromatic heterocycles. The van der Waals surface area contributed by atoms with Crippen molar-refractivity contribution in [2.45, 2.75) is 26.7 Å². The predicted octanol–water partition coefficient (Wildman–Crippen LogP) is 2.20. The van der Waals surface area contributed by atoms with Crippen molar-refractivity contribution in [2.24, 2.45) is 5.92 Å². The van der Waals surface area contributed by atoms with Crippen molar-refractivity contribution in [3.63, 3.8) is 0 Å². The third-order valence-corrected chi connectivity index (χ3v) is 1.60. The Morgan fingerprint density at radius 2 is 2.27 bits per heavy atom. The highest BCUT2D eigenvalue weighted by Gasteiger charge is 2.11. The van der Waals surface area contributed by atoms with Crippen LogP contribution in [0.3, 0.4) is 0 Å². The van der Waals surface area contributed by atoms with E-state index >= 15 is 0 Å². The van der Waals surface area contributed by atoms with Gasteiger partial charge in [-0.2, -0.15) is 0 Å². The van der Waals surface area contributed by atoms with Gasteiger partial charge in [0.05, 0.1) is 11.8 Å². The molecular formula is C8H15ClO2. The van der Waals surface area contributed by atoms with Crippen LogP contribution in [0.4, 0.5) is 0 Å². The molecule has 0 unspecified atom stereocenters. The van der Waals surface area contributed by atoms with Gasteiger partial charge in [-0.3, -0.25) is 4.79 Å². The Morgan fingerprint density at radius 3 is 2.73 bits per heavy atom. The molecule has 0 aliphatic carbocycles. The summed E-state index contributed by atoms with van der Waals surface area (Å²) >= 11 is 5.35. The minimum Gasteiger partial charge on any atom is -0.464 e. The van der Waals surface area contributed by atoms with Crippen molar-refractivity contribution in [3.8, 4) is 0 Å². The average Bonchev–Trinajstić information content (AvgIpc) is 2.00. The maximum absolute atomic E-state index is 11.0. The van der Waals surface area contributed by atoms with Crippen LogP contribution in [0.2, 0.25) is 0 Å². The highest BCUT2D eigenvalue weighted by atomic mass is 35.5. The molecule has 0 aliphatic rings. The molecule has 0 bridgehead atoms. The van der Waals surface area contributed by atoms with E-state index in [0.29, 0.717) is 12.5 Å². The van der Waals surface area contributed by atoms with Gasteiger partial charge in [0.2, 0.25) is 0 Å². The first-order chi connectivity index (χ1) is 5.22. The molecule has 0 saturated carbocycles. The fourth-order valence-corrected chi connectivity index (χ4v) is 0.909. The van der Waals surface area contributed by atoms with Crippen LogP contribution in [0.15, 0.2) is 0 Å². The summed E-state index contributed by atoms with van der Waals surface area (Å²) in [6.45, 7) is 4.25. The summed E-state index contributed by atoms with van der Waals surface area (Å²) in [4.78, 5) is 11.0. The molecule has 0 saturated heterocycles. The molecule has 3 heteroatoms. The van der Waals surface area contributed by atoms with E-state index < -0.39 is 0 Å². The Balaban J connectivity index is 3.47. The van der Waals surface area contributed by atoms with Crippen molar-refractivity contribution in [1.29, 1.82) is 0 Å². The molecule has 1 atom stereocenters. The molecule has 0 fully saturated rings. The van der Waals surface area contributed by atoms with Crippen molar-refractivity contribution < 1.29 is 9.53 Å². The first kappa shape index (κ1) is 10.8. The fourth-order valence-electron chi connectivity index (χ4n) is 0.832. The third kappa shape index (κ3) is 5.08. The molecule has 0 heterocycles. The summed E-state index contributed by atoms with van der Waals surface area (Å²) < 4.78 is 4.83. The molecule has 66 valence electrons. The highest BCUT2D eigenvalue weighted by Crippen LogP contribution is 2.06. The standard InChI is InChI=1S/C8H15ClO2/c1-3-4-7(2)8(10)11-6-5-9/h7H,3-6H2,1-2H3/t7-/m0/s1. The minimum atomic E-state index is -0.132. The van der Waals surface area contributed by atoms with Gasteiger partial charge in [-0.25, -0.2) is 0 Å². The van der Waals surface area contributed by atoms with E-state index in [4.69, 9.17) is 16.3 Å². The van der Waals surface area contributed by atoms with E-state index in [0.717, 1.165) is 12.8 Å². The van der Waals surface area contributed by atoms with Gasteiger partial charge >= 0.3 is 5.97 Å². The Labute approximate surface area is 72.9 Å². The lowest BCUT2D eigenvalue weighted by atomic mass is 10.1. The van der Waals surface area contributed by atoms with Crippen LogP contribution in [-0.2, 0) is 9.53 Å². The minimum absolute atomic E-state index is 0.0169. The molecule has 2 nitrogen and oxygen atoms in total. The van der Waals surface area contributed by atoms with E-state index in [2.05, 4.69) is 0 Å². The molecule has 0 radical (unpaired) electrons. The molecule has 0 aliphatic heterocycles. The maximum atomic E-state index is 11.0. The topological polar surface area (TPSA) is 26.3 Å². The SMILES string of the molecule is CCC[C@H](C)C(=O)OCCCl. The van der Waals surface area contributed by atoms with Gasteiger partial charge in [0.15, 0.2) is 0 Å². The smallest absolute Gasteiger partial charge is 0.308 e. The quantitative estimate of drug-likeness (QED) is 0.477. The third-order valence-electron chi connectivity index (χ3n) is 1.45. The van der Waals surface area contributed by atoms with E-state index in [1.807, 2.05) is 13.8 Å². The largest absolute Gasteiger partial charge is 0.464 e. The second-order valence-electron chi connectivity index (χ2n) is 2.55. The number of alkyl halides is 1. The van der Waals surface area contributed by atoms with Crippen LogP contribution < -0.4 is 0 Å².